The number of hydrogen-bond donors (Lipinski definition) is 0. The van der Waals surface area contributed by atoms with Crippen molar-refractivity contribution in [3.63, 3.8) is 0 Å². The molecule has 4 heteroatoms. The molecule has 64 valence electrons. The smallest absolute Gasteiger partial charge is 0.480 e. The van der Waals surface area contributed by atoms with Gasteiger partial charge in [-0.05, 0) is 6.29 Å². The maximum absolute atomic E-state index is 10.1. The Morgan fingerprint density at radius 2 is 2.00 bits per heavy atom. The fourth-order valence-corrected chi connectivity index (χ4v) is 0.262. The molecule has 0 atom stereocenters. The van der Waals surface area contributed by atoms with Gasteiger partial charge in [0.25, 0.3) is 0 Å². The predicted octanol–water partition coefficient (Wildman–Crippen LogP) is -1.75. The molecule has 0 saturated heterocycles. The minimum absolute atomic E-state index is 0. The van der Waals surface area contributed by atoms with Gasteiger partial charge >= 0.3 is 35.5 Å². The van der Waals surface area contributed by atoms with E-state index in [2.05, 4.69) is 4.74 Å². The van der Waals surface area contributed by atoms with E-state index in [4.69, 9.17) is 0 Å². The molecule has 0 aliphatic heterocycles. The summed E-state index contributed by atoms with van der Waals surface area (Å²) in [6, 6.07) is 0. The van der Waals surface area contributed by atoms with Gasteiger partial charge in [-0.2, -0.15) is 12.2 Å². The Morgan fingerprint density at radius 3 is 2.33 bits per heavy atom. The molecule has 0 aliphatic rings. The van der Waals surface area contributed by atoms with Crippen LogP contribution in [-0.2, 0) is 14.3 Å². The topological polar surface area (TPSA) is 43.4 Å². The SMILES string of the molecule is CC.CC(=O)OC/C=C\[C-]=O.[Na+]. The van der Waals surface area contributed by atoms with Gasteiger partial charge in [0.1, 0.15) is 0 Å². The Morgan fingerprint density at radius 1 is 1.50 bits per heavy atom. The maximum Gasteiger partial charge on any atom is 1.00 e. The van der Waals surface area contributed by atoms with Crippen molar-refractivity contribution in [3.05, 3.63) is 12.2 Å². The number of hydrogen-bond acceptors (Lipinski definition) is 3. The monoisotopic (exact) mass is 180 g/mol. The van der Waals surface area contributed by atoms with Crippen LogP contribution in [0.15, 0.2) is 12.2 Å². The number of allylic oxidation sites excluding steroid dienone is 1. The third-order valence-corrected chi connectivity index (χ3v) is 0.569. The molecule has 0 aliphatic carbocycles. The van der Waals surface area contributed by atoms with Crippen molar-refractivity contribution in [1.82, 2.24) is 0 Å². The van der Waals surface area contributed by atoms with E-state index < -0.39 is 0 Å². The minimum atomic E-state index is -0.356. The first kappa shape index (κ1) is 17.8. The average Bonchev–Trinajstić information content (AvgIpc) is 2.02. The molecule has 0 N–H and O–H groups in total. The van der Waals surface area contributed by atoms with Gasteiger partial charge in [0.05, 0.1) is 0 Å². The van der Waals surface area contributed by atoms with Gasteiger partial charge in [-0.15, -0.1) is 0 Å². The van der Waals surface area contributed by atoms with Crippen LogP contribution in [0.2, 0.25) is 0 Å². The van der Waals surface area contributed by atoms with Crippen LogP contribution < -0.4 is 29.6 Å². The second-order valence-electron chi connectivity index (χ2n) is 1.32. The molecule has 0 saturated carbocycles. The number of esters is 1. The Bertz CT molecular complexity index is 132. The molecular formula is C8H13NaO3. The van der Waals surface area contributed by atoms with E-state index >= 15 is 0 Å². The largest absolute Gasteiger partial charge is 1.00 e. The second-order valence-corrected chi connectivity index (χ2v) is 1.32. The Hall–Kier alpha value is -0.120. The van der Waals surface area contributed by atoms with Crippen LogP contribution in [0.25, 0.3) is 0 Å². The molecule has 0 aromatic rings. The molecule has 0 unspecified atom stereocenters. The van der Waals surface area contributed by atoms with Crippen LogP contribution in [0, 0.1) is 0 Å². The second kappa shape index (κ2) is 17.1. The molecule has 0 bridgehead atoms. The van der Waals surface area contributed by atoms with Crippen LogP contribution in [0.5, 0.6) is 0 Å². The summed E-state index contributed by atoms with van der Waals surface area (Å²) >= 11 is 0. The molecule has 0 aromatic carbocycles. The number of rotatable bonds is 3. The van der Waals surface area contributed by atoms with E-state index in [0.29, 0.717) is 0 Å². The Kier molecular flexibility index (Phi) is 25.4. The molecule has 0 aromatic heterocycles. The fourth-order valence-electron chi connectivity index (χ4n) is 0.262. The standard InChI is InChI=1S/C6H7O3.C2H6.Na/c1-6(8)9-5-3-2-4-7;1-2;/h2-3H,5H2,1H3;1-2H3;/q-1;;+1/b3-2-;;. The quantitative estimate of drug-likeness (QED) is 0.224. The van der Waals surface area contributed by atoms with Crippen LogP contribution >= 0.6 is 0 Å². The van der Waals surface area contributed by atoms with Crippen LogP contribution in [0.3, 0.4) is 0 Å². The minimum Gasteiger partial charge on any atom is -0.480 e. The van der Waals surface area contributed by atoms with Crippen molar-refractivity contribution < 1.29 is 43.9 Å². The van der Waals surface area contributed by atoms with E-state index in [-0.39, 0.29) is 42.1 Å². The number of carbonyl (C=O) groups is 1. The van der Waals surface area contributed by atoms with Crippen molar-refractivity contribution in [3.8, 4) is 0 Å². The summed E-state index contributed by atoms with van der Waals surface area (Å²) in [4.78, 5) is 19.5. The molecule has 0 heterocycles. The Balaban J connectivity index is -0.000000249. The first-order valence-electron chi connectivity index (χ1n) is 3.43. The summed E-state index contributed by atoms with van der Waals surface area (Å²) < 4.78 is 4.44. The zero-order valence-electron chi connectivity index (χ0n) is 8.09. The van der Waals surface area contributed by atoms with E-state index in [1.165, 1.54) is 19.3 Å². The molecule has 0 fully saturated rings. The van der Waals surface area contributed by atoms with E-state index in [0.717, 1.165) is 6.08 Å². The van der Waals surface area contributed by atoms with Gasteiger partial charge in [-0.1, -0.05) is 13.8 Å². The van der Waals surface area contributed by atoms with Crippen molar-refractivity contribution in [2.75, 3.05) is 6.61 Å². The van der Waals surface area contributed by atoms with Gasteiger partial charge in [-0.3, -0.25) is 4.79 Å². The zero-order chi connectivity index (χ0) is 9.11. The van der Waals surface area contributed by atoms with E-state index in [1.807, 2.05) is 13.8 Å². The summed E-state index contributed by atoms with van der Waals surface area (Å²) in [7, 11) is 0. The molecule has 0 spiro atoms. The first-order valence-corrected chi connectivity index (χ1v) is 3.43. The maximum atomic E-state index is 10.1. The van der Waals surface area contributed by atoms with Crippen molar-refractivity contribution >= 4 is 12.3 Å². The van der Waals surface area contributed by atoms with Gasteiger partial charge < -0.3 is 9.53 Å². The number of ether oxygens (including phenoxy) is 1. The molecule has 3 nitrogen and oxygen atoms in total. The summed E-state index contributed by atoms with van der Waals surface area (Å²) in [6.45, 7) is 5.45. The van der Waals surface area contributed by atoms with Gasteiger partial charge in [-0.25, -0.2) is 0 Å². The molecule has 0 amide bonds. The summed E-state index contributed by atoms with van der Waals surface area (Å²) in [5, 5.41) is 0. The molecular weight excluding hydrogens is 167 g/mol. The third kappa shape index (κ3) is 22.5. The first-order chi connectivity index (χ1) is 5.27. The van der Waals surface area contributed by atoms with Crippen LogP contribution in [0.4, 0.5) is 0 Å². The van der Waals surface area contributed by atoms with E-state index in [1.54, 1.807) is 0 Å². The number of carbonyl (C=O) groups excluding carboxylic acids is 2. The van der Waals surface area contributed by atoms with E-state index in [9.17, 15) is 9.59 Å². The predicted molar refractivity (Wildman–Crippen MR) is 42.8 cm³/mol. The van der Waals surface area contributed by atoms with Crippen molar-refractivity contribution in [2.45, 2.75) is 20.8 Å². The Labute approximate surface area is 95.5 Å². The molecule has 0 radical (unpaired) electrons. The normalized spacial score (nSPS) is 7.58. The van der Waals surface area contributed by atoms with Gasteiger partial charge in [0.15, 0.2) is 0 Å². The van der Waals surface area contributed by atoms with Crippen LogP contribution in [-0.4, -0.2) is 18.9 Å². The van der Waals surface area contributed by atoms with Crippen molar-refractivity contribution in [2.24, 2.45) is 0 Å². The summed E-state index contributed by atoms with van der Waals surface area (Å²) in [5.74, 6) is -0.356. The fraction of sp³-hybridized carbons (Fsp3) is 0.500. The molecule has 12 heavy (non-hydrogen) atoms. The van der Waals surface area contributed by atoms with Crippen LogP contribution in [0.1, 0.15) is 20.8 Å². The molecule has 0 rings (SSSR count). The van der Waals surface area contributed by atoms with Crippen molar-refractivity contribution in [1.29, 1.82) is 0 Å². The van der Waals surface area contributed by atoms with Gasteiger partial charge in [0.2, 0.25) is 0 Å². The average molecular weight is 180 g/mol. The summed E-state index contributed by atoms with van der Waals surface area (Å²) in [5.41, 5.74) is 0. The summed E-state index contributed by atoms with van der Waals surface area (Å²) in [6.07, 6.45) is 4.09. The third-order valence-electron chi connectivity index (χ3n) is 0.569. The van der Waals surface area contributed by atoms with Gasteiger partial charge in [0, 0.05) is 13.5 Å². The zero-order valence-corrected chi connectivity index (χ0v) is 10.1.